The Morgan fingerprint density at radius 3 is 2.58 bits per heavy atom. The number of aromatic amines is 1. The standard InChI is InChI=1S/C28H40N4O5S/c1-3-31(4-2)16-17-32(25(35)13-19-37-18-12-21-8-6-5-7-9-21)15-14-29-20-24(34)22-10-11-23(33)26-27(22)38-28(36)30-26/h5-11,24,29,33-34H,3-4,12-20H2,1-2H3,(H,30,36)/t24-/m0/s1. The second kappa shape index (κ2) is 15.6. The lowest BCUT2D eigenvalue weighted by molar-refractivity contribution is -0.132. The van der Waals surface area contributed by atoms with Crippen molar-refractivity contribution in [2.45, 2.75) is 32.8 Å². The van der Waals surface area contributed by atoms with Gasteiger partial charge < -0.3 is 35.1 Å². The fourth-order valence-corrected chi connectivity index (χ4v) is 5.20. The van der Waals surface area contributed by atoms with E-state index in [4.69, 9.17) is 4.74 Å². The van der Waals surface area contributed by atoms with Crippen molar-refractivity contribution >= 4 is 27.5 Å². The Hall–Kier alpha value is -2.76. The highest BCUT2D eigenvalue weighted by Crippen LogP contribution is 2.31. The van der Waals surface area contributed by atoms with Crippen molar-refractivity contribution in [2.24, 2.45) is 0 Å². The van der Waals surface area contributed by atoms with E-state index in [2.05, 4.69) is 41.2 Å². The molecule has 0 saturated carbocycles. The Morgan fingerprint density at radius 1 is 1.08 bits per heavy atom. The number of likely N-dealkylation sites (N-methyl/N-ethyl adjacent to an activating group) is 1. The highest BCUT2D eigenvalue weighted by atomic mass is 32.1. The third kappa shape index (κ3) is 8.92. The molecular weight excluding hydrogens is 504 g/mol. The molecule has 10 heteroatoms. The first-order valence-corrected chi connectivity index (χ1v) is 14.1. The van der Waals surface area contributed by atoms with E-state index >= 15 is 0 Å². The van der Waals surface area contributed by atoms with Crippen molar-refractivity contribution in [1.82, 2.24) is 20.1 Å². The summed E-state index contributed by atoms with van der Waals surface area (Å²) in [6.45, 7) is 9.76. The van der Waals surface area contributed by atoms with Crippen molar-refractivity contribution in [3.8, 4) is 5.75 Å². The largest absolute Gasteiger partial charge is 0.506 e. The van der Waals surface area contributed by atoms with E-state index in [0.29, 0.717) is 55.0 Å². The van der Waals surface area contributed by atoms with Crippen LogP contribution in [-0.4, -0.2) is 89.9 Å². The molecule has 1 heterocycles. The maximum Gasteiger partial charge on any atom is 0.305 e. The fourth-order valence-electron chi connectivity index (χ4n) is 4.28. The van der Waals surface area contributed by atoms with Crippen molar-refractivity contribution in [1.29, 1.82) is 0 Å². The van der Waals surface area contributed by atoms with Gasteiger partial charge >= 0.3 is 4.87 Å². The zero-order valence-electron chi connectivity index (χ0n) is 22.3. The molecule has 0 aliphatic carbocycles. The maximum atomic E-state index is 13.0. The number of hydrogen-bond acceptors (Lipinski definition) is 8. The van der Waals surface area contributed by atoms with Gasteiger partial charge in [-0.3, -0.25) is 9.59 Å². The third-order valence-corrected chi connectivity index (χ3v) is 7.55. The van der Waals surface area contributed by atoms with E-state index in [1.807, 2.05) is 23.1 Å². The maximum absolute atomic E-state index is 13.0. The van der Waals surface area contributed by atoms with Crippen LogP contribution in [0.1, 0.15) is 37.5 Å². The zero-order valence-corrected chi connectivity index (χ0v) is 23.1. The number of benzene rings is 2. The van der Waals surface area contributed by atoms with Gasteiger partial charge in [-0.05, 0) is 31.1 Å². The normalized spacial score (nSPS) is 12.3. The average molecular weight is 545 g/mol. The summed E-state index contributed by atoms with van der Waals surface area (Å²) in [6, 6.07) is 13.2. The lowest BCUT2D eigenvalue weighted by Gasteiger charge is -2.27. The predicted octanol–water partition coefficient (Wildman–Crippen LogP) is 2.74. The molecule has 2 aromatic carbocycles. The predicted molar refractivity (Wildman–Crippen MR) is 152 cm³/mol. The number of aromatic nitrogens is 1. The van der Waals surface area contributed by atoms with Crippen LogP contribution in [0.5, 0.6) is 5.75 Å². The Morgan fingerprint density at radius 2 is 1.84 bits per heavy atom. The number of aliphatic hydroxyl groups is 1. The number of amides is 1. The van der Waals surface area contributed by atoms with Crippen LogP contribution >= 0.6 is 11.3 Å². The van der Waals surface area contributed by atoms with Gasteiger partial charge in [0.1, 0.15) is 11.3 Å². The van der Waals surface area contributed by atoms with E-state index in [-0.39, 0.29) is 23.1 Å². The number of aromatic hydroxyl groups is 1. The Kier molecular flexibility index (Phi) is 12.2. The second-order valence-electron chi connectivity index (χ2n) is 9.12. The number of nitrogens with one attached hydrogen (secondary N) is 2. The lowest BCUT2D eigenvalue weighted by Crippen LogP contribution is -2.42. The van der Waals surface area contributed by atoms with E-state index in [1.165, 1.54) is 11.6 Å². The van der Waals surface area contributed by atoms with Crippen molar-refractivity contribution < 1.29 is 19.7 Å². The molecule has 0 aliphatic rings. The second-order valence-corrected chi connectivity index (χ2v) is 10.1. The van der Waals surface area contributed by atoms with E-state index < -0.39 is 6.10 Å². The van der Waals surface area contributed by atoms with Crippen molar-refractivity contribution in [3.05, 3.63) is 63.3 Å². The molecular formula is C28H40N4O5S. The number of fused-ring (bicyclic) bond motifs is 1. The highest BCUT2D eigenvalue weighted by Gasteiger charge is 2.17. The zero-order chi connectivity index (χ0) is 27.3. The lowest BCUT2D eigenvalue weighted by atomic mass is 10.1. The summed E-state index contributed by atoms with van der Waals surface area (Å²) in [5.41, 5.74) is 2.14. The molecule has 38 heavy (non-hydrogen) atoms. The number of ether oxygens (including phenoxy) is 1. The van der Waals surface area contributed by atoms with Gasteiger partial charge in [0, 0.05) is 38.3 Å². The van der Waals surface area contributed by atoms with Gasteiger partial charge in [-0.2, -0.15) is 0 Å². The fraction of sp³-hybridized carbons (Fsp3) is 0.500. The summed E-state index contributed by atoms with van der Waals surface area (Å²) >= 11 is 0.964. The van der Waals surface area contributed by atoms with Crippen LogP contribution in [0.25, 0.3) is 10.2 Å². The van der Waals surface area contributed by atoms with Gasteiger partial charge in [0.25, 0.3) is 0 Å². The van der Waals surface area contributed by atoms with Crippen LogP contribution in [0.4, 0.5) is 0 Å². The highest BCUT2D eigenvalue weighted by molar-refractivity contribution is 7.16. The number of H-pyrrole nitrogens is 1. The topological polar surface area (TPSA) is 118 Å². The van der Waals surface area contributed by atoms with Crippen LogP contribution in [0, 0.1) is 0 Å². The molecule has 3 rings (SSSR count). The molecule has 4 N–H and O–H groups in total. The number of rotatable bonds is 17. The minimum Gasteiger partial charge on any atom is -0.506 e. The molecule has 3 aromatic rings. The number of carbonyl (C=O) groups excluding carboxylic acids is 1. The van der Waals surface area contributed by atoms with E-state index in [0.717, 1.165) is 37.4 Å². The van der Waals surface area contributed by atoms with Crippen LogP contribution in [-0.2, 0) is 16.0 Å². The average Bonchev–Trinajstić information content (AvgIpc) is 3.32. The monoisotopic (exact) mass is 544 g/mol. The van der Waals surface area contributed by atoms with Crippen LogP contribution in [0.3, 0.4) is 0 Å². The molecule has 0 saturated heterocycles. The summed E-state index contributed by atoms with van der Waals surface area (Å²) in [5, 5.41) is 23.9. The van der Waals surface area contributed by atoms with Crippen LogP contribution < -0.4 is 10.2 Å². The van der Waals surface area contributed by atoms with E-state index in [1.54, 1.807) is 6.07 Å². The van der Waals surface area contributed by atoms with Gasteiger partial charge in [-0.15, -0.1) is 0 Å². The first-order chi connectivity index (χ1) is 18.4. The number of hydrogen-bond donors (Lipinski definition) is 4. The smallest absolute Gasteiger partial charge is 0.305 e. The SMILES string of the molecule is CCN(CC)CCN(CCNC[C@H](O)c1ccc(O)c2[nH]c(=O)sc12)C(=O)CCOCCc1ccccc1. The van der Waals surface area contributed by atoms with Crippen molar-refractivity contribution in [3.63, 3.8) is 0 Å². The van der Waals surface area contributed by atoms with E-state index in [9.17, 15) is 19.8 Å². The number of carbonyl (C=O) groups is 1. The third-order valence-electron chi connectivity index (χ3n) is 6.61. The molecule has 1 atom stereocenters. The number of phenols is 1. The Balaban J connectivity index is 1.47. The summed E-state index contributed by atoms with van der Waals surface area (Å²) in [4.78, 5) is 31.2. The number of nitrogens with zero attached hydrogens (tertiary/aromatic N) is 2. The number of aliphatic hydroxyl groups excluding tert-OH is 1. The summed E-state index contributed by atoms with van der Waals surface area (Å²) < 4.78 is 6.28. The molecule has 0 radical (unpaired) electrons. The molecule has 0 bridgehead atoms. The molecule has 0 fully saturated rings. The first kappa shape index (κ1) is 29.8. The summed E-state index contributed by atoms with van der Waals surface area (Å²) in [7, 11) is 0. The Bertz CT molecular complexity index is 1180. The summed E-state index contributed by atoms with van der Waals surface area (Å²) in [5.74, 6) is 0.0326. The minimum atomic E-state index is -0.859. The van der Waals surface area contributed by atoms with Gasteiger partial charge in [-0.25, -0.2) is 0 Å². The van der Waals surface area contributed by atoms with Crippen molar-refractivity contribution in [2.75, 3.05) is 59.0 Å². The quantitative estimate of drug-likeness (QED) is 0.193. The minimum absolute atomic E-state index is 0.0198. The van der Waals surface area contributed by atoms with Crippen LogP contribution in [0.15, 0.2) is 47.3 Å². The molecule has 1 amide bonds. The van der Waals surface area contributed by atoms with Crippen LogP contribution in [0.2, 0.25) is 0 Å². The molecule has 1 aromatic heterocycles. The Labute approximate surface area is 228 Å². The van der Waals surface area contributed by atoms with Gasteiger partial charge in [-0.1, -0.05) is 61.6 Å². The van der Waals surface area contributed by atoms with Gasteiger partial charge in [0.15, 0.2) is 0 Å². The van der Waals surface area contributed by atoms with Gasteiger partial charge in [0.2, 0.25) is 5.91 Å². The first-order valence-electron chi connectivity index (χ1n) is 13.3. The number of thiazole rings is 1. The molecule has 0 spiro atoms. The van der Waals surface area contributed by atoms with Gasteiger partial charge in [0.05, 0.1) is 30.4 Å². The number of phenolic OH excluding ortho intramolecular Hbond substituents is 1. The summed E-state index contributed by atoms with van der Waals surface area (Å²) in [6.07, 6.45) is 0.287. The molecule has 0 unspecified atom stereocenters. The molecule has 208 valence electrons. The molecule has 9 nitrogen and oxygen atoms in total. The molecule has 0 aliphatic heterocycles.